The van der Waals surface area contributed by atoms with Gasteiger partial charge in [-0.05, 0) is 13.1 Å². The second-order valence-corrected chi connectivity index (χ2v) is 4.37. The highest BCUT2D eigenvalue weighted by Crippen LogP contribution is 2.16. The molecule has 0 aliphatic heterocycles. The van der Waals surface area contributed by atoms with Crippen molar-refractivity contribution in [3.05, 3.63) is 18.0 Å². The third-order valence-corrected chi connectivity index (χ3v) is 2.86. The van der Waals surface area contributed by atoms with E-state index in [1.165, 1.54) is 12.4 Å². The molecule has 0 saturated heterocycles. The van der Waals surface area contributed by atoms with Crippen molar-refractivity contribution < 1.29 is 13.2 Å². The molecule has 1 N–H and O–H groups in total. The van der Waals surface area contributed by atoms with Crippen LogP contribution in [0.2, 0.25) is 0 Å². The van der Waals surface area contributed by atoms with E-state index < -0.39 is 12.7 Å². The zero-order chi connectivity index (χ0) is 14.3. The summed E-state index contributed by atoms with van der Waals surface area (Å²) in [6.07, 6.45) is -1.33. The first kappa shape index (κ1) is 16.0. The molecule has 0 bridgehead atoms. The molecule has 0 amide bonds. The Kier molecular flexibility index (Phi) is 6.30. The van der Waals surface area contributed by atoms with E-state index in [9.17, 15) is 13.2 Å². The summed E-state index contributed by atoms with van der Waals surface area (Å²) in [6, 6.07) is 0. The molecule has 0 spiro atoms. The molecule has 0 aliphatic rings. The molecule has 7 heteroatoms. The standard InChI is InChI=1S/C12H21F3N4/c1-3-18(4-2)6-5-16-7-11-8-17-19(9-11)10-12(13,14)15/h8-9,16H,3-7,10H2,1-2H3. The van der Waals surface area contributed by atoms with Gasteiger partial charge in [0.25, 0.3) is 0 Å². The Bertz CT molecular complexity index is 358. The van der Waals surface area contributed by atoms with Crippen LogP contribution in [-0.2, 0) is 13.1 Å². The van der Waals surface area contributed by atoms with Crippen LogP contribution in [-0.4, -0.2) is 47.0 Å². The number of hydrogen-bond acceptors (Lipinski definition) is 3. The molecule has 0 aliphatic carbocycles. The van der Waals surface area contributed by atoms with Gasteiger partial charge in [-0.25, -0.2) is 0 Å². The molecule has 1 aromatic heterocycles. The van der Waals surface area contributed by atoms with Gasteiger partial charge < -0.3 is 10.2 Å². The largest absolute Gasteiger partial charge is 0.408 e. The number of halogens is 3. The number of hydrogen-bond donors (Lipinski definition) is 1. The zero-order valence-electron chi connectivity index (χ0n) is 11.4. The van der Waals surface area contributed by atoms with Crippen LogP contribution < -0.4 is 5.32 Å². The Morgan fingerprint density at radius 1 is 1.32 bits per heavy atom. The lowest BCUT2D eigenvalue weighted by Crippen LogP contribution is -2.31. The fourth-order valence-electron chi connectivity index (χ4n) is 1.78. The topological polar surface area (TPSA) is 33.1 Å². The lowest BCUT2D eigenvalue weighted by molar-refractivity contribution is -0.142. The van der Waals surface area contributed by atoms with Crippen molar-refractivity contribution in [2.24, 2.45) is 0 Å². The number of rotatable bonds is 8. The van der Waals surface area contributed by atoms with Crippen molar-refractivity contribution >= 4 is 0 Å². The van der Waals surface area contributed by atoms with Crippen molar-refractivity contribution in [2.45, 2.75) is 33.1 Å². The molecule has 0 saturated carbocycles. The van der Waals surface area contributed by atoms with E-state index in [4.69, 9.17) is 0 Å². The van der Waals surface area contributed by atoms with Gasteiger partial charge in [0.2, 0.25) is 0 Å². The van der Waals surface area contributed by atoms with Crippen LogP contribution in [0.1, 0.15) is 19.4 Å². The first-order valence-corrected chi connectivity index (χ1v) is 6.45. The fourth-order valence-corrected chi connectivity index (χ4v) is 1.78. The van der Waals surface area contributed by atoms with Crippen LogP contribution in [0.5, 0.6) is 0 Å². The zero-order valence-corrected chi connectivity index (χ0v) is 11.4. The summed E-state index contributed by atoms with van der Waals surface area (Å²) in [5, 5.41) is 6.89. The predicted octanol–water partition coefficient (Wildman–Crippen LogP) is 1.88. The monoisotopic (exact) mass is 278 g/mol. The number of nitrogens with zero attached hydrogens (tertiary/aromatic N) is 3. The third-order valence-electron chi connectivity index (χ3n) is 2.86. The molecule has 19 heavy (non-hydrogen) atoms. The normalized spacial score (nSPS) is 12.3. The average Bonchev–Trinajstić information content (AvgIpc) is 2.74. The quantitative estimate of drug-likeness (QED) is 0.737. The highest BCUT2D eigenvalue weighted by Gasteiger charge is 2.28. The molecule has 4 nitrogen and oxygen atoms in total. The van der Waals surface area contributed by atoms with Gasteiger partial charge in [-0.3, -0.25) is 4.68 Å². The minimum Gasteiger partial charge on any atom is -0.311 e. The molecule has 0 fully saturated rings. The van der Waals surface area contributed by atoms with Crippen molar-refractivity contribution in [3.8, 4) is 0 Å². The molecule has 0 radical (unpaired) electrons. The number of nitrogens with one attached hydrogen (secondary N) is 1. The molecule has 0 aromatic carbocycles. The van der Waals surface area contributed by atoms with Crippen molar-refractivity contribution in [3.63, 3.8) is 0 Å². The molecule has 1 rings (SSSR count). The van der Waals surface area contributed by atoms with E-state index in [2.05, 4.69) is 29.2 Å². The van der Waals surface area contributed by atoms with Gasteiger partial charge in [-0.2, -0.15) is 18.3 Å². The smallest absolute Gasteiger partial charge is 0.311 e. The molecule has 1 heterocycles. The minimum atomic E-state index is -4.22. The minimum absolute atomic E-state index is 0.541. The first-order valence-electron chi connectivity index (χ1n) is 6.45. The van der Waals surface area contributed by atoms with Gasteiger partial charge in [0.05, 0.1) is 6.20 Å². The van der Waals surface area contributed by atoms with E-state index in [0.717, 1.165) is 36.4 Å². The predicted molar refractivity (Wildman–Crippen MR) is 67.8 cm³/mol. The lowest BCUT2D eigenvalue weighted by atomic mass is 10.3. The van der Waals surface area contributed by atoms with E-state index >= 15 is 0 Å². The maximum Gasteiger partial charge on any atom is 0.408 e. The maximum atomic E-state index is 12.1. The van der Waals surface area contributed by atoms with Gasteiger partial charge in [0, 0.05) is 31.4 Å². The third kappa shape index (κ3) is 6.58. The summed E-state index contributed by atoms with van der Waals surface area (Å²) in [6.45, 7) is 7.46. The van der Waals surface area contributed by atoms with E-state index in [1.807, 2.05) is 0 Å². The van der Waals surface area contributed by atoms with Crippen LogP contribution in [0, 0.1) is 0 Å². The van der Waals surface area contributed by atoms with Gasteiger partial charge in [-0.1, -0.05) is 13.8 Å². The van der Waals surface area contributed by atoms with Crippen LogP contribution in [0.15, 0.2) is 12.4 Å². The number of alkyl halides is 3. The molecular weight excluding hydrogens is 257 g/mol. The van der Waals surface area contributed by atoms with Crippen molar-refractivity contribution in [1.82, 2.24) is 20.0 Å². The maximum absolute atomic E-state index is 12.1. The molecule has 1 aromatic rings. The molecule has 110 valence electrons. The van der Waals surface area contributed by atoms with Gasteiger partial charge in [0.15, 0.2) is 0 Å². The molecule has 0 atom stereocenters. The summed E-state index contributed by atoms with van der Waals surface area (Å²) < 4.78 is 37.3. The van der Waals surface area contributed by atoms with Crippen molar-refractivity contribution in [2.75, 3.05) is 26.2 Å². The molecular formula is C12H21F3N4. The summed E-state index contributed by atoms with van der Waals surface area (Å²) in [5.41, 5.74) is 0.767. The first-order chi connectivity index (χ1) is 8.94. The van der Waals surface area contributed by atoms with Crippen molar-refractivity contribution in [1.29, 1.82) is 0 Å². The molecule has 0 unspecified atom stereocenters. The van der Waals surface area contributed by atoms with E-state index in [0.29, 0.717) is 6.54 Å². The second-order valence-electron chi connectivity index (χ2n) is 4.37. The Hall–Kier alpha value is -1.08. The van der Waals surface area contributed by atoms with E-state index in [-0.39, 0.29) is 0 Å². The van der Waals surface area contributed by atoms with E-state index in [1.54, 1.807) is 0 Å². The van der Waals surface area contributed by atoms with Crippen LogP contribution in [0.4, 0.5) is 13.2 Å². The van der Waals surface area contributed by atoms with Crippen LogP contribution >= 0.6 is 0 Å². The Morgan fingerprint density at radius 3 is 2.58 bits per heavy atom. The van der Waals surface area contributed by atoms with Gasteiger partial charge >= 0.3 is 6.18 Å². The second kappa shape index (κ2) is 7.49. The summed E-state index contributed by atoms with van der Waals surface area (Å²) in [5.74, 6) is 0. The highest BCUT2D eigenvalue weighted by atomic mass is 19.4. The highest BCUT2D eigenvalue weighted by molar-refractivity contribution is 5.03. The summed E-state index contributed by atoms with van der Waals surface area (Å²) in [4.78, 5) is 2.28. The Labute approximate surface area is 111 Å². The fraction of sp³-hybridized carbons (Fsp3) is 0.750. The van der Waals surface area contributed by atoms with Gasteiger partial charge in [-0.15, -0.1) is 0 Å². The Morgan fingerprint density at radius 2 is 2.00 bits per heavy atom. The van der Waals surface area contributed by atoms with Crippen LogP contribution in [0.25, 0.3) is 0 Å². The summed E-state index contributed by atoms with van der Waals surface area (Å²) >= 11 is 0. The SMILES string of the molecule is CCN(CC)CCNCc1cnn(CC(F)(F)F)c1. The number of likely N-dealkylation sites (N-methyl/N-ethyl adjacent to an activating group) is 1. The number of aromatic nitrogens is 2. The van der Waals surface area contributed by atoms with Gasteiger partial charge in [0.1, 0.15) is 6.54 Å². The summed E-state index contributed by atoms with van der Waals surface area (Å²) in [7, 11) is 0. The lowest BCUT2D eigenvalue weighted by Gasteiger charge is -2.17. The van der Waals surface area contributed by atoms with Crippen LogP contribution in [0.3, 0.4) is 0 Å². The average molecular weight is 278 g/mol. The Balaban J connectivity index is 2.27.